The van der Waals surface area contributed by atoms with E-state index in [9.17, 15) is 20.2 Å². The first-order chi connectivity index (χ1) is 16.3. The van der Waals surface area contributed by atoms with Gasteiger partial charge in [0, 0.05) is 22.3 Å². The van der Waals surface area contributed by atoms with E-state index >= 15 is 0 Å². The maximum Gasteiger partial charge on any atom is 0.271 e. The number of nitrogens with one attached hydrogen (secondary N) is 1. The van der Waals surface area contributed by atoms with E-state index in [4.69, 9.17) is 21.1 Å². The fraction of sp³-hybridized carbons (Fsp3) is 0.0833. The summed E-state index contributed by atoms with van der Waals surface area (Å²) in [6.07, 6.45) is 1.33. The normalized spacial score (nSPS) is 10.8. The number of nitriles is 1. The highest BCUT2D eigenvalue weighted by molar-refractivity contribution is 9.10. The van der Waals surface area contributed by atoms with Gasteiger partial charge in [0.25, 0.3) is 11.6 Å². The molecule has 0 aliphatic heterocycles. The summed E-state index contributed by atoms with van der Waals surface area (Å²) < 4.78 is 12.2. The van der Waals surface area contributed by atoms with E-state index in [0.29, 0.717) is 17.1 Å². The second-order valence-electron chi connectivity index (χ2n) is 6.88. The highest BCUT2D eigenvalue weighted by atomic mass is 79.9. The molecule has 10 heteroatoms. The molecule has 0 radical (unpaired) electrons. The first-order valence-electron chi connectivity index (χ1n) is 9.73. The third-order valence-electron chi connectivity index (χ3n) is 4.54. The van der Waals surface area contributed by atoms with E-state index in [1.165, 1.54) is 37.5 Å². The minimum Gasteiger partial charge on any atom is -0.493 e. The molecule has 1 N–H and O–H groups in total. The summed E-state index contributed by atoms with van der Waals surface area (Å²) in [5, 5.41) is 23.1. The summed E-state index contributed by atoms with van der Waals surface area (Å²) >= 11 is 9.78. The van der Waals surface area contributed by atoms with Crippen molar-refractivity contribution in [2.45, 2.75) is 6.61 Å². The lowest BCUT2D eigenvalue weighted by atomic mass is 10.1. The lowest BCUT2D eigenvalue weighted by Gasteiger charge is -2.14. The van der Waals surface area contributed by atoms with Crippen LogP contribution < -0.4 is 14.8 Å². The van der Waals surface area contributed by atoms with Gasteiger partial charge >= 0.3 is 0 Å². The molecule has 172 valence electrons. The summed E-state index contributed by atoms with van der Waals surface area (Å²) in [5.41, 5.74) is 1.13. The average molecular weight is 543 g/mol. The molecule has 0 unspecified atom stereocenters. The molecule has 8 nitrogen and oxygen atoms in total. The zero-order valence-corrected chi connectivity index (χ0v) is 20.1. The monoisotopic (exact) mass is 541 g/mol. The van der Waals surface area contributed by atoms with Crippen LogP contribution in [0.5, 0.6) is 11.5 Å². The van der Waals surface area contributed by atoms with Crippen molar-refractivity contribution in [3.8, 4) is 17.6 Å². The van der Waals surface area contributed by atoms with Crippen LogP contribution in [0.1, 0.15) is 11.1 Å². The Bertz CT molecular complexity index is 1300. The standard InChI is InChI=1S/C24H17BrClN3O5/c1-33-22-11-16(10-21(26)23(22)34-14-15-5-7-18(25)8-6-15)9-17(13-27)24(30)28-19-3-2-4-20(12-19)29(31)32/h2-12H,14H2,1H3,(H,28,30)/b17-9+. The lowest BCUT2D eigenvalue weighted by molar-refractivity contribution is -0.384. The second-order valence-corrected chi connectivity index (χ2v) is 8.20. The second kappa shape index (κ2) is 11.3. The minimum atomic E-state index is -0.728. The van der Waals surface area contributed by atoms with Crippen molar-refractivity contribution in [2.75, 3.05) is 12.4 Å². The predicted octanol–water partition coefficient (Wildman–Crippen LogP) is 6.14. The van der Waals surface area contributed by atoms with E-state index in [1.807, 2.05) is 30.3 Å². The van der Waals surface area contributed by atoms with E-state index in [-0.39, 0.29) is 28.6 Å². The van der Waals surface area contributed by atoms with Gasteiger partial charge in [-0.25, -0.2) is 0 Å². The van der Waals surface area contributed by atoms with Gasteiger partial charge in [-0.2, -0.15) is 5.26 Å². The van der Waals surface area contributed by atoms with Crippen LogP contribution in [0.2, 0.25) is 5.02 Å². The topological polar surface area (TPSA) is 114 Å². The summed E-state index contributed by atoms with van der Waals surface area (Å²) in [6, 6.07) is 18.0. The van der Waals surface area contributed by atoms with Crippen LogP contribution in [0.3, 0.4) is 0 Å². The fourth-order valence-corrected chi connectivity index (χ4v) is 3.45. The summed E-state index contributed by atoms with van der Waals surface area (Å²) in [4.78, 5) is 22.9. The number of halogens is 2. The molecular weight excluding hydrogens is 526 g/mol. The molecule has 0 saturated heterocycles. The molecule has 1 amide bonds. The Kier molecular flexibility index (Phi) is 8.24. The van der Waals surface area contributed by atoms with Gasteiger partial charge in [0.1, 0.15) is 18.2 Å². The number of carbonyl (C=O) groups is 1. The number of non-ortho nitro benzene ring substituents is 1. The number of nitrogens with zero attached hydrogens (tertiary/aromatic N) is 2. The number of carbonyl (C=O) groups excluding carboxylic acids is 1. The maximum absolute atomic E-state index is 12.6. The van der Waals surface area contributed by atoms with Crippen molar-refractivity contribution in [3.05, 3.63) is 97.0 Å². The average Bonchev–Trinajstić information content (AvgIpc) is 2.82. The molecule has 0 aliphatic rings. The predicted molar refractivity (Wildman–Crippen MR) is 132 cm³/mol. The number of anilines is 1. The van der Waals surface area contributed by atoms with Gasteiger partial charge in [0.2, 0.25) is 0 Å². The molecule has 34 heavy (non-hydrogen) atoms. The molecule has 3 aromatic carbocycles. The number of benzene rings is 3. The summed E-state index contributed by atoms with van der Waals surface area (Å²) in [6.45, 7) is 0.258. The Hall–Kier alpha value is -3.87. The van der Waals surface area contributed by atoms with Crippen LogP contribution in [0.25, 0.3) is 6.08 Å². The zero-order chi connectivity index (χ0) is 24.7. The van der Waals surface area contributed by atoms with Gasteiger partial charge in [-0.05, 0) is 47.5 Å². The van der Waals surface area contributed by atoms with Crippen molar-refractivity contribution in [3.63, 3.8) is 0 Å². The van der Waals surface area contributed by atoms with Crippen LogP contribution >= 0.6 is 27.5 Å². The maximum atomic E-state index is 12.6. The molecule has 0 atom stereocenters. The number of amides is 1. The van der Waals surface area contributed by atoms with E-state index in [2.05, 4.69) is 21.2 Å². The van der Waals surface area contributed by atoms with E-state index in [0.717, 1.165) is 10.0 Å². The van der Waals surface area contributed by atoms with Crippen molar-refractivity contribution >= 4 is 50.9 Å². The third-order valence-corrected chi connectivity index (χ3v) is 5.35. The largest absolute Gasteiger partial charge is 0.493 e. The van der Waals surface area contributed by atoms with Crippen molar-refractivity contribution in [2.24, 2.45) is 0 Å². The summed E-state index contributed by atoms with van der Waals surface area (Å²) in [5.74, 6) is -0.0790. The molecule has 0 aromatic heterocycles. The van der Waals surface area contributed by atoms with E-state index < -0.39 is 10.8 Å². The Balaban J connectivity index is 1.81. The van der Waals surface area contributed by atoms with Crippen LogP contribution in [0.15, 0.2) is 70.7 Å². The molecule has 3 aromatic rings. The van der Waals surface area contributed by atoms with Gasteiger partial charge in [-0.3, -0.25) is 14.9 Å². The van der Waals surface area contributed by atoms with Crippen molar-refractivity contribution in [1.29, 1.82) is 5.26 Å². The molecule has 0 heterocycles. The molecule has 0 aliphatic carbocycles. The molecular formula is C24H17BrClN3O5. The smallest absolute Gasteiger partial charge is 0.271 e. The number of ether oxygens (including phenoxy) is 2. The Labute approximate surface area is 208 Å². The molecule has 0 fully saturated rings. The Morgan fingerprint density at radius 2 is 1.97 bits per heavy atom. The number of hydrogen-bond donors (Lipinski definition) is 1. The van der Waals surface area contributed by atoms with Crippen LogP contribution in [0.4, 0.5) is 11.4 Å². The molecule has 3 rings (SSSR count). The van der Waals surface area contributed by atoms with Gasteiger partial charge in [-0.15, -0.1) is 0 Å². The number of nitro groups is 1. The SMILES string of the molecule is COc1cc(/C=C(\C#N)C(=O)Nc2cccc([N+](=O)[O-])c2)cc(Cl)c1OCc1ccc(Br)cc1. The van der Waals surface area contributed by atoms with Crippen LogP contribution in [-0.2, 0) is 11.4 Å². The summed E-state index contributed by atoms with van der Waals surface area (Å²) in [7, 11) is 1.45. The molecule has 0 spiro atoms. The molecule has 0 saturated carbocycles. The highest BCUT2D eigenvalue weighted by Gasteiger charge is 2.15. The van der Waals surface area contributed by atoms with Gasteiger partial charge < -0.3 is 14.8 Å². The number of nitro benzene ring substituents is 1. The van der Waals surface area contributed by atoms with Gasteiger partial charge in [-0.1, -0.05) is 45.7 Å². The zero-order valence-electron chi connectivity index (χ0n) is 17.7. The minimum absolute atomic E-state index is 0.185. The number of methoxy groups -OCH3 is 1. The number of rotatable bonds is 8. The highest BCUT2D eigenvalue weighted by Crippen LogP contribution is 2.37. The Morgan fingerprint density at radius 1 is 1.24 bits per heavy atom. The first kappa shape index (κ1) is 24.8. The van der Waals surface area contributed by atoms with Gasteiger partial charge in [0.15, 0.2) is 11.5 Å². The molecule has 0 bridgehead atoms. The van der Waals surface area contributed by atoms with E-state index in [1.54, 1.807) is 12.1 Å². The lowest BCUT2D eigenvalue weighted by Crippen LogP contribution is -2.13. The fourth-order valence-electron chi connectivity index (χ4n) is 2.91. The van der Waals surface area contributed by atoms with Crippen molar-refractivity contribution < 1.29 is 19.2 Å². The van der Waals surface area contributed by atoms with Crippen LogP contribution in [0, 0.1) is 21.4 Å². The van der Waals surface area contributed by atoms with Crippen molar-refractivity contribution in [1.82, 2.24) is 0 Å². The first-order valence-corrected chi connectivity index (χ1v) is 10.9. The quantitative estimate of drug-likeness (QED) is 0.158. The third kappa shape index (κ3) is 6.34. The van der Waals surface area contributed by atoms with Gasteiger partial charge in [0.05, 0.1) is 17.1 Å². The Morgan fingerprint density at radius 3 is 2.62 bits per heavy atom. The number of hydrogen-bond acceptors (Lipinski definition) is 6. The van der Waals surface area contributed by atoms with Crippen LogP contribution in [-0.4, -0.2) is 17.9 Å².